The number of carbonyl (C=O) groups is 2. The van der Waals surface area contributed by atoms with E-state index in [0.29, 0.717) is 5.69 Å². The van der Waals surface area contributed by atoms with Crippen LogP contribution in [0.2, 0.25) is 0 Å². The molecule has 2 amide bonds. The van der Waals surface area contributed by atoms with E-state index in [1.54, 1.807) is 18.3 Å². The van der Waals surface area contributed by atoms with Gasteiger partial charge < -0.3 is 15.2 Å². The summed E-state index contributed by atoms with van der Waals surface area (Å²) in [7, 11) is 1.46. The zero-order valence-corrected chi connectivity index (χ0v) is 14.3. The van der Waals surface area contributed by atoms with E-state index >= 15 is 0 Å². The summed E-state index contributed by atoms with van der Waals surface area (Å²) in [6.45, 7) is 1.93. The summed E-state index contributed by atoms with van der Waals surface area (Å²) in [5, 5.41) is 15.9. The number of hydrogen-bond donors (Lipinski definition) is 2. The van der Waals surface area contributed by atoms with Crippen LogP contribution in [0.1, 0.15) is 12.1 Å². The largest absolute Gasteiger partial charge is 0.465 e. The molecule has 1 aromatic carbocycles. The van der Waals surface area contributed by atoms with Gasteiger partial charge in [0.05, 0.1) is 29.7 Å². The number of likely N-dealkylation sites (tertiary alicyclic amines) is 1. The average Bonchev–Trinajstić information content (AvgIpc) is 3.23. The van der Waals surface area contributed by atoms with Gasteiger partial charge in [-0.05, 0) is 25.1 Å². The van der Waals surface area contributed by atoms with Crippen LogP contribution in [-0.2, 0) is 9.53 Å². The normalized spacial score (nSPS) is 19.6. The monoisotopic (exact) mass is 362 g/mol. The smallest absolute Gasteiger partial charge is 0.408 e. The van der Waals surface area contributed by atoms with Crippen LogP contribution in [0.15, 0.2) is 30.5 Å². The van der Waals surface area contributed by atoms with Crippen molar-refractivity contribution < 1.29 is 23.8 Å². The minimum atomic E-state index is -1.21. The second kappa shape index (κ2) is 7.12. The number of rotatable bonds is 4. The van der Waals surface area contributed by atoms with Crippen LogP contribution in [0.3, 0.4) is 0 Å². The lowest BCUT2D eigenvalue weighted by Crippen LogP contribution is -2.42. The second-order valence-corrected chi connectivity index (χ2v) is 6.10. The van der Waals surface area contributed by atoms with Crippen LogP contribution in [0.4, 0.5) is 14.9 Å². The van der Waals surface area contributed by atoms with Crippen molar-refractivity contribution in [2.45, 2.75) is 25.5 Å². The maximum Gasteiger partial charge on any atom is 0.408 e. The molecule has 2 N–H and O–H groups in total. The van der Waals surface area contributed by atoms with E-state index in [0.717, 1.165) is 10.6 Å². The summed E-state index contributed by atoms with van der Waals surface area (Å²) in [6.07, 6.45) is 0.351. The van der Waals surface area contributed by atoms with E-state index in [1.165, 1.54) is 23.9 Å². The topological polar surface area (TPSA) is 96.7 Å². The molecule has 0 spiro atoms. The van der Waals surface area contributed by atoms with E-state index in [9.17, 15) is 19.1 Å². The molecular weight excluding hydrogens is 343 g/mol. The maximum absolute atomic E-state index is 14.4. The Bertz CT molecular complexity index is 838. The molecule has 138 valence electrons. The van der Waals surface area contributed by atoms with Gasteiger partial charge in [0.2, 0.25) is 5.91 Å². The van der Waals surface area contributed by atoms with Crippen LogP contribution < -0.4 is 5.32 Å². The number of carbonyl (C=O) groups excluding carboxylic acids is 1. The highest BCUT2D eigenvalue weighted by molar-refractivity contribution is 5.97. The van der Waals surface area contributed by atoms with Gasteiger partial charge in [-0.2, -0.15) is 5.10 Å². The molecule has 0 radical (unpaired) electrons. The van der Waals surface area contributed by atoms with Gasteiger partial charge in [0.25, 0.3) is 0 Å². The van der Waals surface area contributed by atoms with Gasteiger partial charge in [-0.25, -0.2) is 13.9 Å². The fourth-order valence-electron chi connectivity index (χ4n) is 2.95. The molecule has 1 fully saturated rings. The Morgan fingerprint density at radius 3 is 2.73 bits per heavy atom. The first-order chi connectivity index (χ1) is 12.4. The number of anilines is 1. The van der Waals surface area contributed by atoms with Crippen molar-refractivity contribution in [1.29, 1.82) is 0 Å². The second-order valence-electron chi connectivity index (χ2n) is 6.10. The summed E-state index contributed by atoms with van der Waals surface area (Å²) >= 11 is 0. The number of methoxy groups -OCH3 is 1. The molecule has 0 bridgehead atoms. The fourth-order valence-corrected chi connectivity index (χ4v) is 2.95. The molecule has 0 aliphatic carbocycles. The standard InChI is InChI=1S/C17H19FN4O4/c1-10-5-6-22(20-10)11-3-4-14(13(18)7-11)19-16(23)15-8-12(26-2)9-21(15)17(24)25/h3-7,12,15H,8-9H2,1-2H3,(H,19,23)(H,24,25)/t12-,15-/m1/s1. The molecule has 26 heavy (non-hydrogen) atoms. The predicted octanol–water partition coefficient (Wildman–Crippen LogP) is 2.03. The van der Waals surface area contributed by atoms with Crippen molar-refractivity contribution in [3.63, 3.8) is 0 Å². The third kappa shape index (κ3) is 3.52. The number of benzene rings is 1. The zero-order valence-electron chi connectivity index (χ0n) is 14.3. The number of amides is 2. The SMILES string of the molecule is CO[C@@H]1C[C@H](C(=O)Nc2ccc(-n3ccc(C)n3)cc2F)N(C(=O)O)C1. The molecule has 0 saturated carbocycles. The molecule has 1 saturated heterocycles. The van der Waals surface area contributed by atoms with Crippen molar-refractivity contribution in [1.82, 2.24) is 14.7 Å². The van der Waals surface area contributed by atoms with E-state index in [-0.39, 0.29) is 24.8 Å². The molecule has 9 heteroatoms. The summed E-state index contributed by atoms with van der Waals surface area (Å²) in [4.78, 5) is 24.8. The Morgan fingerprint density at radius 2 is 2.15 bits per heavy atom. The molecule has 1 aliphatic rings. The summed E-state index contributed by atoms with van der Waals surface area (Å²) < 4.78 is 21.0. The summed E-state index contributed by atoms with van der Waals surface area (Å²) in [5.74, 6) is -1.22. The van der Waals surface area contributed by atoms with Gasteiger partial charge in [-0.15, -0.1) is 0 Å². The molecule has 0 unspecified atom stereocenters. The first-order valence-electron chi connectivity index (χ1n) is 8.04. The Kier molecular flexibility index (Phi) is 4.90. The predicted molar refractivity (Wildman–Crippen MR) is 90.8 cm³/mol. The minimum absolute atomic E-state index is 0.0196. The molecule has 2 heterocycles. The lowest BCUT2D eigenvalue weighted by molar-refractivity contribution is -0.120. The van der Waals surface area contributed by atoms with Gasteiger partial charge in [0, 0.05) is 25.8 Å². The lowest BCUT2D eigenvalue weighted by atomic mass is 10.1. The highest BCUT2D eigenvalue weighted by Crippen LogP contribution is 2.23. The Labute approximate surface area is 149 Å². The van der Waals surface area contributed by atoms with Crippen molar-refractivity contribution in [3.05, 3.63) is 42.0 Å². The first-order valence-corrected chi connectivity index (χ1v) is 8.04. The van der Waals surface area contributed by atoms with Crippen molar-refractivity contribution in [3.8, 4) is 5.69 Å². The number of aromatic nitrogens is 2. The zero-order chi connectivity index (χ0) is 18.8. The number of nitrogens with one attached hydrogen (secondary N) is 1. The average molecular weight is 362 g/mol. The number of hydrogen-bond acceptors (Lipinski definition) is 4. The number of carboxylic acid groups (broad SMARTS) is 1. The van der Waals surface area contributed by atoms with E-state index in [4.69, 9.17) is 4.74 Å². The molecule has 2 atom stereocenters. The van der Waals surface area contributed by atoms with Crippen LogP contribution in [0.5, 0.6) is 0 Å². The Morgan fingerprint density at radius 1 is 1.38 bits per heavy atom. The number of aryl methyl sites for hydroxylation is 1. The quantitative estimate of drug-likeness (QED) is 0.867. The number of halogens is 1. The van der Waals surface area contributed by atoms with E-state index in [1.807, 2.05) is 6.92 Å². The van der Waals surface area contributed by atoms with Crippen molar-refractivity contribution in [2.24, 2.45) is 0 Å². The molecule has 1 aromatic heterocycles. The minimum Gasteiger partial charge on any atom is -0.465 e. The highest BCUT2D eigenvalue weighted by Gasteiger charge is 2.40. The van der Waals surface area contributed by atoms with Crippen LogP contribution in [0.25, 0.3) is 5.69 Å². The number of ether oxygens (including phenoxy) is 1. The molecule has 1 aliphatic heterocycles. The summed E-state index contributed by atoms with van der Waals surface area (Å²) in [5.41, 5.74) is 1.29. The molecule has 8 nitrogen and oxygen atoms in total. The summed E-state index contributed by atoms with van der Waals surface area (Å²) in [6, 6.07) is 5.16. The molecule has 3 rings (SSSR count). The maximum atomic E-state index is 14.4. The lowest BCUT2D eigenvalue weighted by Gasteiger charge is -2.20. The fraction of sp³-hybridized carbons (Fsp3) is 0.353. The van der Waals surface area contributed by atoms with Gasteiger partial charge in [-0.3, -0.25) is 9.69 Å². The molecule has 2 aromatic rings. The van der Waals surface area contributed by atoms with Crippen LogP contribution >= 0.6 is 0 Å². The van der Waals surface area contributed by atoms with Crippen LogP contribution in [-0.4, -0.2) is 57.6 Å². The van der Waals surface area contributed by atoms with E-state index in [2.05, 4.69) is 10.4 Å². The third-order valence-corrected chi connectivity index (χ3v) is 4.34. The van der Waals surface area contributed by atoms with Gasteiger partial charge >= 0.3 is 6.09 Å². The van der Waals surface area contributed by atoms with Gasteiger partial charge in [0.15, 0.2) is 0 Å². The third-order valence-electron chi connectivity index (χ3n) is 4.34. The molecular formula is C17H19FN4O4. The van der Waals surface area contributed by atoms with Crippen molar-refractivity contribution >= 4 is 17.7 Å². The first kappa shape index (κ1) is 17.9. The Balaban J connectivity index is 1.76. The highest BCUT2D eigenvalue weighted by atomic mass is 19.1. The van der Waals surface area contributed by atoms with Crippen molar-refractivity contribution in [2.75, 3.05) is 19.0 Å². The Hall–Kier alpha value is -2.94. The van der Waals surface area contributed by atoms with Crippen LogP contribution in [0, 0.1) is 12.7 Å². The van der Waals surface area contributed by atoms with Gasteiger partial charge in [-0.1, -0.05) is 0 Å². The number of nitrogens with zero attached hydrogens (tertiary/aromatic N) is 3. The van der Waals surface area contributed by atoms with Gasteiger partial charge in [0.1, 0.15) is 11.9 Å². The van der Waals surface area contributed by atoms with E-state index < -0.39 is 23.9 Å².